The Morgan fingerprint density at radius 2 is 2.11 bits per heavy atom. The summed E-state index contributed by atoms with van der Waals surface area (Å²) in [5, 5.41) is 0. The van der Waals surface area contributed by atoms with Gasteiger partial charge in [-0.25, -0.2) is 4.79 Å². The van der Waals surface area contributed by atoms with Gasteiger partial charge in [0, 0.05) is 20.1 Å². The summed E-state index contributed by atoms with van der Waals surface area (Å²) in [5.41, 5.74) is 0. The summed E-state index contributed by atoms with van der Waals surface area (Å²) in [6.07, 6.45) is 2.22. The summed E-state index contributed by atoms with van der Waals surface area (Å²) in [6, 6.07) is 3.96. The Hall–Kier alpha value is -1.45. The molecule has 0 unspecified atom stereocenters. The van der Waals surface area contributed by atoms with Crippen molar-refractivity contribution in [1.82, 2.24) is 9.80 Å². The minimum atomic E-state index is 0.107. The number of piperidine rings is 1. The smallest absolute Gasteiger partial charge is 0.320 e. The van der Waals surface area contributed by atoms with Crippen LogP contribution in [0.4, 0.5) is 4.79 Å². The van der Waals surface area contributed by atoms with Gasteiger partial charge in [-0.3, -0.25) is 0 Å². The fourth-order valence-corrected chi connectivity index (χ4v) is 2.31. The van der Waals surface area contributed by atoms with E-state index in [1.54, 1.807) is 4.90 Å². The first-order chi connectivity index (χ1) is 8.56. The number of aryl methyl sites for hydroxylation is 1. The zero-order valence-electron chi connectivity index (χ0n) is 11.5. The highest BCUT2D eigenvalue weighted by molar-refractivity contribution is 5.74. The number of hydrogen-bond donors (Lipinski definition) is 0. The second-order valence-corrected chi connectivity index (χ2v) is 5.32. The normalized spacial score (nSPS) is 16.9. The molecule has 1 aliphatic rings. The van der Waals surface area contributed by atoms with E-state index in [0.717, 1.165) is 43.4 Å². The van der Waals surface area contributed by atoms with Crippen LogP contribution in [-0.4, -0.2) is 36.0 Å². The van der Waals surface area contributed by atoms with Crippen molar-refractivity contribution in [3.8, 4) is 0 Å². The van der Waals surface area contributed by atoms with Gasteiger partial charge in [0.15, 0.2) is 0 Å². The summed E-state index contributed by atoms with van der Waals surface area (Å²) < 4.78 is 5.50. The highest BCUT2D eigenvalue weighted by atomic mass is 16.3. The molecule has 1 aromatic heterocycles. The van der Waals surface area contributed by atoms with Crippen LogP contribution in [-0.2, 0) is 6.54 Å². The van der Waals surface area contributed by atoms with E-state index in [0.29, 0.717) is 6.54 Å². The molecule has 1 saturated heterocycles. The summed E-state index contributed by atoms with van der Waals surface area (Å²) in [6.45, 7) is 6.45. The van der Waals surface area contributed by atoms with Crippen molar-refractivity contribution in [2.45, 2.75) is 33.2 Å². The van der Waals surface area contributed by atoms with E-state index in [-0.39, 0.29) is 6.03 Å². The van der Waals surface area contributed by atoms with Crippen LogP contribution < -0.4 is 0 Å². The first-order valence-electron chi connectivity index (χ1n) is 6.61. The third kappa shape index (κ3) is 3.06. The molecular formula is C14H22N2O2. The first-order valence-corrected chi connectivity index (χ1v) is 6.61. The number of amides is 2. The lowest BCUT2D eigenvalue weighted by atomic mass is 10.00. The Morgan fingerprint density at radius 1 is 1.44 bits per heavy atom. The molecule has 1 aromatic rings. The molecule has 0 atom stereocenters. The molecule has 0 radical (unpaired) electrons. The Kier molecular flexibility index (Phi) is 3.94. The fraction of sp³-hybridized carbons (Fsp3) is 0.643. The maximum Gasteiger partial charge on any atom is 0.320 e. The molecule has 1 aliphatic heterocycles. The Bertz CT molecular complexity index is 406. The van der Waals surface area contributed by atoms with Crippen LogP contribution >= 0.6 is 0 Å². The average molecular weight is 250 g/mol. The average Bonchev–Trinajstić information content (AvgIpc) is 2.75. The van der Waals surface area contributed by atoms with Gasteiger partial charge in [-0.1, -0.05) is 6.92 Å². The lowest BCUT2D eigenvalue weighted by molar-refractivity contribution is 0.138. The fourth-order valence-electron chi connectivity index (χ4n) is 2.31. The van der Waals surface area contributed by atoms with Crippen molar-refractivity contribution in [2.75, 3.05) is 20.1 Å². The van der Waals surface area contributed by atoms with E-state index >= 15 is 0 Å². The number of carbonyl (C=O) groups is 1. The van der Waals surface area contributed by atoms with Gasteiger partial charge in [-0.15, -0.1) is 0 Å². The number of rotatable bonds is 2. The van der Waals surface area contributed by atoms with Crippen molar-refractivity contribution >= 4 is 6.03 Å². The molecule has 2 rings (SSSR count). The summed E-state index contributed by atoms with van der Waals surface area (Å²) in [4.78, 5) is 15.9. The van der Waals surface area contributed by atoms with Crippen molar-refractivity contribution in [3.63, 3.8) is 0 Å². The Balaban J connectivity index is 1.88. The quantitative estimate of drug-likeness (QED) is 0.809. The van der Waals surface area contributed by atoms with Crippen LogP contribution in [0.1, 0.15) is 31.3 Å². The van der Waals surface area contributed by atoms with Crippen LogP contribution in [0.5, 0.6) is 0 Å². The second-order valence-electron chi connectivity index (χ2n) is 5.32. The zero-order chi connectivity index (χ0) is 13.1. The zero-order valence-corrected chi connectivity index (χ0v) is 11.5. The molecule has 0 aliphatic carbocycles. The molecule has 2 heterocycles. The summed E-state index contributed by atoms with van der Waals surface area (Å²) in [5.74, 6) is 2.47. The molecule has 18 heavy (non-hydrogen) atoms. The molecule has 1 fully saturated rings. The van der Waals surface area contributed by atoms with Gasteiger partial charge < -0.3 is 14.2 Å². The van der Waals surface area contributed by atoms with Crippen molar-refractivity contribution in [3.05, 3.63) is 23.7 Å². The van der Waals surface area contributed by atoms with Gasteiger partial charge in [0.1, 0.15) is 11.5 Å². The minimum absolute atomic E-state index is 0.107. The number of nitrogens with zero attached hydrogens (tertiary/aromatic N) is 2. The molecular weight excluding hydrogens is 228 g/mol. The highest BCUT2D eigenvalue weighted by Crippen LogP contribution is 2.18. The topological polar surface area (TPSA) is 36.7 Å². The third-order valence-corrected chi connectivity index (χ3v) is 3.57. The van der Waals surface area contributed by atoms with Crippen molar-refractivity contribution in [2.24, 2.45) is 5.92 Å². The predicted octanol–water partition coefficient (Wildman–Crippen LogP) is 2.87. The Morgan fingerprint density at radius 3 is 2.67 bits per heavy atom. The lowest BCUT2D eigenvalue weighted by Crippen LogP contribution is -2.44. The van der Waals surface area contributed by atoms with E-state index in [9.17, 15) is 4.79 Å². The van der Waals surface area contributed by atoms with Crippen LogP contribution in [0.2, 0.25) is 0 Å². The predicted molar refractivity (Wildman–Crippen MR) is 70.3 cm³/mol. The van der Waals surface area contributed by atoms with E-state index in [2.05, 4.69) is 6.92 Å². The molecule has 4 heteroatoms. The third-order valence-electron chi connectivity index (χ3n) is 3.57. The highest BCUT2D eigenvalue weighted by Gasteiger charge is 2.23. The minimum Gasteiger partial charge on any atom is -0.464 e. The number of likely N-dealkylation sites (tertiary alicyclic amines) is 1. The van der Waals surface area contributed by atoms with Crippen LogP contribution in [0.25, 0.3) is 0 Å². The number of hydrogen-bond acceptors (Lipinski definition) is 2. The summed E-state index contributed by atoms with van der Waals surface area (Å²) in [7, 11) is 1.83. The summed E-state index contributed by atoms with van der Waals surface area (Å²) >= 11 is 0. The molecule has 2 amide bonds. The van der Waals surface area contributed by atoms with Crippen molar-refractivity contribution < 1.29 is 9.21 Å². The van der Waals surface area contributed by atoms with E-state index in [1.165, 1.54) is 0 Å². The maximum absolute atomic E-state index is 12.2. The molecule has 0 bridgehead atoms. The number of furan rings is 1. The van der Waals surface area contributed by atoms with Crippen LogP contribution in [0.15, 0.2) is 16.5 Å². The van der Waals surface area contributed by atoms with Gasteiger partial charge in [0.05, 0.1) is 6.54 Å². The van der Waals surface area contributed by atoms with Gasteiger partial charge >= 0.3 is 6.03 Å². The monoisotopic (exact) mass is 250 g/mol. The molecule has 0 N–H and O–H groups in total. The SMILES string of the molecule is Cc1ccc(CN(C)C(=O)N2CCC(C)CC2)o1. The molecule has 0 saturated carbocycles. The molecule has 4 nitrogen and oxygen atoms in total. The second kappa shape index (κ2) is 5.46. The van der Waals surface area contributed by atoms with E-state index < -0.39 is 0 Å². The van der Waals surface area contributed by atoms with E-state index in [1.807, 2.05) is 31.0 Å². The number of urea groups is 1. The largest absolute Gasteiger partial charge is 0.464 e. The first kappa shape index (κ1) is 13.0. The van der Waals surface area contributed by atoms with Crippen molar-refractivity contribution in [1.29, 1.82) is 0 Å². The van der Waals surface area contributed by atoms with Gasteiger partial charge in [0.2, 0.25) is 0 Å². The van der Waals surface area contributed by atoms with Gasteiger partial charge in [0.25, 0.3) is 0 Å². The van der Waals surface area contributed by atoms with Crippen LogP contribution in [0.3, 0.4) is 0 Å². The number of carbonyl (C=O) groups excluding carboxylic acids is 1. The van der Waals surface area contributed by atoms with E-state index in [4.69, 9.17) is 4.42 Å². The van der Waals surface area contributed by atoms with Gasteiger partial charge in [-0.2, -0.15) is 0 Å². The molecule has 100 valence electrons. The molecule has 0 aromatic carbocycles. The lowest BCUT2D eigenvalue weighted by Gasteiger charge is -2.33. The van der Waals surface area contributed by atoms with Gasteiger partial charge in [-0.05, 0) is 37.8 Å². The van der Waals surface area contributed by atoms with Crippen LogP contribution in [0, 0.1) is 12.8 Å². The Labute approximate surface area is 109 Å². The molecule has 0 spiro atoms. The maximum atomic E-state index is 12.2. The standard InChI is InChI=1S/C14H22N2O2/c1-11-6-8-16(9-7-11)14(17)15(3)10-13-5-4-12(2)18-13/h4-5,11H,6-10H2,1-3H3.